The van der Waals surface area contributed by atoms with Gasteiger partial charge >= 0.3 is 0 Å². The van der Waals surface area contributed by atoms with Crippen molar-refractivity contribution in [2.75, 3.05) is 24.2 Å². The van der Waals surface area contributed by atoms with E-state index in [1.165, 1.54) is 11.3 Å². The normalized spacial score (nSPS) is 10.5. The molecular weight excluding hydrogens is 282 g/mol. The largest absolute Gasteiger partial charge is 0.383 e. The summed E-state index contributed by atoms with van der Waals surface area (Å²) in [5, 5.41) is 9.93. The molecule has 2 N–H and O–H groups in total. The van der Waals surface area contributed by atoms with Crippen molar-refractivity contribution in [1.29, 1.82) is 0 Å². The Kier molecular flexibility index (Phi) is 4.93. The number of aryl methyl sites for hydroxylation is 2. The molecule has 0 spiro atoms. The molecule has 5 nitrogen and oxygen atoms in total. The molecule has 0 aliphatic heterocycles. The van der Waals surface area contributed by atoms with Crippen LogP contribution in [0.15, 0.2) is 11.7 Å². The molecule has 19 heavy (non-hydrogen) atoms. The van der Waals surface area contributed by atoms with Crippen molar-refractivity contribution >= 4 is 34.4 Å². The van der Waals surface area contributed by atoms with Crippen LogP contribution in [0.25, 0.3) is 0 Å². The summed E-state index contributed by atoms with van der Waals surface area (Å²) < 4.78 is 0. The van der Waals surface area contributed by atoms with E-state index in [0.717, 1.165) is 36.6 Å². The van der Waals surface area contributed by atoms with Gasteiger partial charge in [-0.05, 0) is 13.3 Å². The molecule has 0 unspecified atom stereocenters. The van der Waals surface area contributed by atoms with Gasteiger partial charge in [0.25, 0.3) is 0 Å². The first-order chi connectivity index (χ1) is 9.20. The van der Waals surface area contributed by atoms with Crippen LogP contribution in [0.1, 0.15) is 17.1 Å². The molecule has 0 amide bonds. The van der Waals surface area contributed by atoms with Gasteiger partial charge in [0.15, 0.2) is 11.0 Å². The van der Waals surface area contributed by atoms with Gasteiger partial charge in [0.2, 0.25) is 0 Å². The van der Waals surface area contributed by atoms with Crippen LogP contribution in [0.5, 0.6) is 0 Å². The van der Waals surface area contributed by atoms with Crippen LogP contribution in [-0.2, 0) is 6.42 Å². The van der Waals surface area contributed by atoms with Crippen LogP contribution in [0.4, 0.5) is 11.5 Å². The highest BCUT2D eigenvalue weighted by Crippen LogP contribution is 2.25. The number of halogens is 1. The molecule has 2 rings (SSSR count). The maximum absolute atomic E-state index is 5.98. The van der Waals surface area contributed by atoms with Gasteiger partial charge < -0.3 is 10.6 Å². The summed E-state index contributed by atoms with van der Waals surface area (Å²) in [5.41, 5.74) is 1.82. The molecule has 0 saturated carbocycles. The highest BCUT2D eigenvalue weighted by atomic mass is 35.5. The Morgan fingerprint density at radius 3 is 2.89 bits per heavy atom. The van der Waals surface area contributed by atoms with Gasteiger partial charge in [0, 0.05) is 31.1 Å². The fourth-order valence-electron chi connectivity index (χ4n) is 1.68. The predicted molar refractivity (Wildman–Crippen MR) is 80.3 cm³/mol. The van der Waals surface area contributed by atoms with Crippen molar-refractivity contribution < 1.29 is 0 Å². The maximum atomic E-state index is 5.98. The summed E-state index contributed by atoms with van der Waals surface area (Å²) in [6.45, 7) is 2.83. The fraction of sp³-hybridized carbons (Fsp3) is 0.417. The number of aromatic nitrogens is 3. The first-order valence-electron chi connectivity index (χ1n) is 6.04. The third-order valence-corrected chi connectivity index (χ3v) is 3.89. The van der Waals surface area contributed by atoms with Crippen molar-refractivity contribution in [3.05, 3.63) is 27.6 Å². The van der Waals surface area contributed by atoms with Crippen LogP contribution < -0.4 is 10.6 Å². The fourth-order valence-corrected chi connectivity index (χ4v) is 2.73. The molecule has 0 aliphatic rings. The van der Waals surface area contributed by atoms with Crippen molar-refractivity contribution in [3.8, 4) is 0 Å². The zero-order valence-electron chi connectivity index (χ0n) is 10.9. The van der Waals surface area contributed by atoms with Gasteiger partial charge in [-0.15, -0.1) is 11.3 Å². The average molecular weight is 298 g/mol. The van der Waals surface area contributed by atoms with Gasteiger partial charge in [-0.2, -0.15) is 0 Å². The number of nitrogens with one attached hydrogen (secondary N) is 2. The summed E-state index contributed by atoms with van der Waals surface area (Å²) in [6, 6.07) is 0. The zero-order chi connectivity index (χ0) is 13.7. The van der Waals surface area contributed by atoms with Crippen LogP contribution in [0.3, 0.4) is 0 Å². The quantitative estimate of drug-likeness (QED) is 0.634. The molecule has 2 heterocycles. The van der Waals surface area contributed by atoms with Crippen molar-refractivity contribution in [2.45, 2.75) is 19.8 Å². The topological polar surface area (TPSA) is 62.7 Å². The van der Waals surface area contributed by atoms with Crippen LogP contribution in [0.2, 0.25) is 5.15 Å². The molecule has 2 aromatic heterocycles. The van der Waals surface area contributed by atoms with E-state index in [-0.39, 0.29) is 0 Å². The van der Waals surface area contributed by atoms with E-state index in [1.54, 1.807) is 18.4 Å². The number of anilines is 2. The summed E-state index contributed by atoms with van der Waals surface area (Å²) in [4.78, 5) is 12.5. The Balaban J connectivity index is 1.84. The Labute approximate surface area is 121 Å². The average Bonchev–Trinajstić information content (AvgIpc) is 2.81. The smallest absolute Gasteiger partial charge is 0.157 e. The van der Waals surface area contributed by atoms with Crippen LogP contribution >= 0.6 is 22.9 Å². The third-order valence-electron chi connectivity index (χ3n) is 2.58. The second kappa shape index (κ2) is 6.68. The highest BCUT2D eigenvalue weighted by Gasteiger charge is 2.07. The van der Waals surface area contributed by atoms with Crippen LogP contribution in [0, 0.1) is 6.92 Å². The molecule has 0 bridgehead atoms. The van der Waals surface area contributed by atoms with Gasteiger partial charge in [-0.1, -0.05) is 11.6 Å². The lowest BCUT2D eigenvalue weighted by molar-refractivity contribution is 0.847. The Bertz CT molecular complexity index is 543. The summed E-state index contributed by atoms with van der Waals surface area (Å²) in [5.74, 6) is 0.734. The Morgan fingerprint density at radius 2 is 2.21 bits per heavy atom. The SMILES string of the molecule is CNc1c(Cl)ncnc1NCCCc1nc(C)cs1. The first kappa shape index (κ1) is 14.0. The number of nitrogens with zero attached hydrogens (tertiary/aromatic N) is 3. The van der Waals surface area contributed by atoms with E-state index in [1.807, 2.05) is 6.92 Å². The molecule has 0 saturated heterocycles. The molecule has 0 aliphatic carbocycles. The van der Waals surface area contributed by atoms with Crippen molar-refractivity contribution in [3.63, 3.8) is 0 Å². The van der Waals surface area contributed by atoms with Gasteiger partial charge in [-0.3, -0.25) is 0 Å². The van der Waals surface area contributed by atoms with Gasteiger partial charge in [0.1, 0.15) is 12.0 Å². The van der Waals surface area contributed by atoms with E-state index in [2.05, 4.69) is 31.0 Å². The summed E-state index contributed by atoms with van der Waals surface area (Å²) in [6.07, 6.45) is 3.42. The zero-order valence-corrected chi connectivity index (χ0v) is 12.5. The van der Waals surface area contributed by atoms with Gasteiger partial charge in [-0.25, -0.2) is 15.0 Å². The second-order valence-corrected chi connectivity index (χ2v) is 5.35. The molecular formula is C12H16ClN5S. The lowest BCUT2D eigenvalue weighted by Crippen LogP contribution is -2.08. The molecule has 7 heteroatoms. The minimum atomic E-state index is 0.426. The van der Waals surface area contributed by atoms with E-state index < -0.39 is 0 Å². The standard InChI is InChI=1S/C12H16ClN5S/c1-8-6-19-9(18-8)4-3-5-15-12-10(14-2)11(13)16-7-17-12/h6-7,14H,3-5H2,1-2H3,(H,15,16,17). The number of hydrogen-bond donors (Lipinski definition) is 2. The lowest BCUT2D eigenvalue weighted by Gasteiger charge is -2.10. The van der Waals surface area contributed by atoms with Crippen molar-refractivity contribution in [1.82, 2.24) is 15.0 Å². The predicted octanol–water partition coefficient (Wildman–Crippen LogP) is 2.98. The maximum Gasteiger partial charge on any atom is 0.157 e. The Hall–Kier alpha value is -1.40. The first-order valence-corrected chi connectivity index (χ1v) is 7.29. The monoisotopic (exact) mass is 297 g/mol. The van der Waals surface area contributed by atoms with E-state index in [9.17, 15) is 0 Å². The number of thiazole rings is 1. The summed E-state index contributed by atoms with van der Waals surface area (Å²) >= 11 is 7.69. The molecule has 0 fully saturated rings. The number of hydrogen-bond acceptors (Lipinski definition) is 6. The van der Waals surface area contributed by atoms with E-state index >= 15 is 0 Å². The van der Waals surface area contributed by atoms with E-state index in [0.29, 0.717) is 5.15 Å². The van der Waals surface area contributed by atoms with Gasteiger partial charge in [0.05, 0.1) is 5.01 Å². The minimum Gasteiger partial charge on any atom is -0.383 e. The lowest BCUT2D eigenvalue weighted by atomic mass is 10.3. The van der Waals surface area contributed by atoms with E-state index in [4.69, 9.17) is 11.6 Å². The Morgan fingerprint density at radius 1 is 1.37 bits per heavy atom. The molecule has 0 radical (unpaired) electrons. The molecule has 102 valence electrons. The molecule has 0 aromatic carbocycles. The molecule has 2 aromatic rings. The number of rotatable bonds is 6. The van der Waals surface area contributed by atoms with Crippen molar-refractivity contribution in [2.24, 2.45) is 0 Å². The third kappa shape index (κ3) is 3.78. The summed E-state index contributed by atoms with van der Waals surface area (Å²) in [7, 11) is 1.80. The van der Waals surface area contributed by atoms with Crippen LogP contribution in [-0.4, -0.2) is 28.5 Å². The second-order valence-electron chi connectivity index (χ2n) is 4.05. The molecule has 0 atom stereocenters. The highest BCUT2D eigenvalue weighted by molar-refractivity contribution is 7.09. The minimum absolute atomic E-state index is 0.426.